The zero-order valence-corrected chi connectivity index (χ0v) is 13.0. The topological polar surface area (TPSA) is 83.5 Å². The molecule has 0 bridgehead atoms. The maximum Gasteiger partial charge on any atom is 0.328 e. The molecule has 0 heterocycles. The SMILES string of the molecule is Cc1ccc(F)c(NS(=O)(=O)c2ccc(/C=C/C(=O)O)cc2)c1. The molecule has 0 aliphatic heterocycles. The van der Waals surface area contributed by atoms with E-state index in [1.807, 2.05) is 0 Å². The highest BCUT2D eigenvalue weighted by atomic mass is 32.2. The first-order valence-electron chi connectivity index (χ1n) is 6.58. The highest BCUT2D eigenvalue weighted by molar-refractivity contribution is 7.92. The van der Waals surface area contributed by atoms with Gasteiger partial charge in [-0.2, -0.15) is 0 Å². The molecule has 0 atom stereocenters. The van der Waals surface area contributed by atoms with Crippen LogP contribution >= 0.6 is 0 Å². The van der Waals surface area contributed by atoms with Gasteiger partial charge in [0.2, 0.25) is 0 Å². The van der Waals surface area contributed by atoms with Gasteiger partial charge in [0.25, 0.3) is 10.0 Å². The number of carboxylic acids is 1. The minimum atomic E-state index is -3.93. The average molecular weight is 335 g/mol. The minimum Gasteiger partial charge on any atom is -0.478 e. The van der Waals surface area contributed by atoms with Crippen LogP contribution in [0.3, 0.4) is 0 Å². The summed E-state index contributed by atoms with van der Waals surface area (Å²) < 4.78 is 40.4. The van der Waals surface area contributed by atoms with Crippen molar-refractivity contribution in [2.75, 3.05) is 4.72 Å². The highest BCUT2D eigenvalue weighted by Gasteiger charge is 2.16. The number of hydrogen-bond acceptors (Lipinski definition) is 3. The van der Waals surface area contributed by atoms with Gasteiger partial charge in [0.05, 0.1) is 10.6 Å². The van der Waals surface area contributed by atoms with E-state index >= 15 is 0 Å². The van der Waals surface area contributed by atoms with Crippen LogP contribution in [0, 0.1) is 12.7 Å². The molecule has 2 aromatic rings. The average Bonchev–Trinajstić information content (AvgIpc) is 2.49. The number of carboxylic acid groups (broad SMARTS) is 1. The summed E-state index contributed by atoms with van der Waals surface area (Å²) in [6.07, 6.45) is 2.29. The molecule has 120 valence electrons. The molecule has 7 heteroatoms. The second-order valence-electron chi connectivity index (χ2n) is 4.83. The summed E-state index contributed by atoms with van der Waals surface area (Å²) in [6, 6.07) is 9.68. The van der Waals surface area contributed by atoms with E-state index in [1.165, 1.54) is 48.5 Å². The number of rotatable bonds is 5. The molecule has 0 saturated carbocycles. The molecule has 2 aromatic carbocycles. The van der Waals surface area contributed by atoms with Gasteiger partial charge in [-0.25, -0.2) is 17.6 Å². The third-order valence-electron chi connectivity index (χ3n) is 2.97. The maximum atomic E-state index is 13.7. The first-order valence-corrected chi connectivity index (χ1v) is 8.06. The lowest BCUT2D eigenvalue weighted by Gasteiger charge is -2.10. The molecule has 0 spiro atoms. The van der Waals surface area contributed by atoms with Gasteiger partial charge in [-0.05, 0) is 48.4 Å². The fraction of sp³-hybridized carbons (Fsp3) is 0.0625. The van der Waals surface area contributed by atoms with Crippen LogP contribution < -0.4 is 4.72 Å². The Labute approximate surface area is 133 Å². The van der Waals surface area contributed by atoms with Crippen LogP contribution in [0.25, 0.3) is 6.08 Å². The standard InChI is InChI=1S/C16H14FNO4S/c1-11-2-8-14(17)15(10-11)18-23(21,22)13-6-3-12(4-7-13)5-9-16(19)20/h2-10,18H,1H3,(H,19,20)/b9-5+. The van der Waals surface area contributed by atoms with Gasteiger partial charge in [0.1, 0.15) is 5.82 Å². The summed E-state index contributed by atoms with van der Waals surface area (Å²) in [6.45, 7) is 1.72. The third-order valence-corrected chi connectivity index (χ3v) is 4.36. The van der Waals surface area contributed by atoms with Crippen molar-refractivity contribution in [2.45, 2.75) is 11.8 Å². The molecular weight excluding hydrogens is 321 g/mol. The Balaban J connectivity index is 2.26. The van der Waals surface area contributed by atoms with Crippen molar-refractivity contribution in [3.05, 3.63) is 65.5 Å². The van der Waals surface area contributed by atoms with Crippen LogP contribution in [-0.2, 0) is 14.8 Å². The monoisotopic (exact) mass is 335 g/mol. The Morgan fingerprint density at radius 1 is 1.17 bits per heavy atom. The Hall–Kier alpha value is -2.67. The number of benzene rings is 2. The Kier molecular flexibility index (Phi) is 4.80. The molecule has 0 aliphatic rings. The van der Waals surface area contributed by atoms with E-state index < -0.39 is 21.8 Å². The van der Waals surface area contributed by atoms with Gasteiger partial charge in [-0.3, -0.25) is 4.72 Å². The van der Waals surface area contributed by atoms with Crippen LogP contribution in [0.5, 0.6) is 0 Å². The number of aryl methyl sites for hydroxylation is 1. The van der Waals surface area contributed by atoms with E-state index in [-0.39, 0.29) is 10.6 Å². The lowest BCUT2D eigenvalue weighted by Crippen LogP contribution is -2.14. The zero-order valence-electron chi connectivity index (χ0n) is 12.2. The molecule has 0 unspecified atom stereocenters. The fourth-order valence-electron chi connectivity index (χ4n) is 1.85. The first-order chi connectivity index (χ1) is 10.8. The van der Waals surface area contributed by atoms with Crippen molar-refractivity contribution in [3.63, 3.8) is 0 Å². The van der Waals surface area contributed by atoms with E-state index in [0.29, 0.717) is 5.56 Å². The minimum absolute atomic E-state index is 0.0501. The number of aliphatic carboxylic acids is 1. The van der Waals surface area contributed by atoms with Gasteiger partial charge in [-0.1, -0.05) is 18.2 Å². The summed E-state index contributed by atoms with van der Waals surface area (Å²) in [4.78, 5) is 10.4. The van der Waals surface area contributed by atoms with Crippen molar-refractivity contribution in [1.82, 2.24) is 0 Å². The number of anilines is 1. The predicted octanol–water partition coefficient (Wildman–Crippen LogP) is 3.03. The molecule has 2 rings (SSSR count). The van der Waals surface area contributed by atoms with Crippen LogP contribution in [0.2, 0.25) is 0 Å². The number of carbonyl (C=O) groups is 1. The van der Waals surface area contributed by atoms with Crippen molar-refractivity contribution in [2.24, 2.45) is 0 Å². The second kappa shape index (κ2) is 6.62. The zero-order chi connectivity index (χ0) is 17.0. The third kappa shape index (κ3) is 4.40. The molecule has 0 aliphatic carbocycles. The predicted molar refractivity (Wildman–Crippen MR) is 85.1 cm³/mol. The van der Waals surface area contributed by atoms with E-state index in [9.17, 15) is 17.6 Å². The van der Waals surface area contributed by atoms with Crippen LogP contribution in [0.4, 0.5) is 10.1 Å². The summed E-state index contributed by atoms with van der Waals surface area (Å²) in [5.41, 5.74) is 1.13. The van der Waals surface area contributed by atoms with E-state index in [4.69, 9.17) is 5.11 Å². The smallest absolute Gasteiger partial charge is 0.328 e. The molecule has 0 fully saturated rings. The lowest BCUT2D eigenvalue weighted by molar-refractivity contribution is -0.131. The number of nitrogens with one attached hydrogen (secondary N) is 1. The molecular formula is C16H14FNO4S. The summed E-state index contributed by atoms with van der Waals surface area (Å²) >= 11 is 0. The summed E-state index contributed by atoms with van der Waals surface area (Å²) in [7, 11) is -3.93. The first kappa shape index (κ1) is 16.7. The van der Waals surface area contributed by atoms with Gasteiger partial charge in [-0.15, -0.1) is 0 Å². The Morgan fingerprint density at radius 2 is 1.83 bits per heavy atom. The van der Waals surface area contributed by atoms with Crippen LogP contribution in [-0.4, -0.2) is 19.5 Å². The molecule has 2 N–H and O–H groups in total. The second-order valence-corrected chi connectivity index (χ2v) is 6.51. The fourth-order valence-corrected chi connectivity index (χ4v) is 2.90. The quantitative estimate of drug-likeness (QED) is 0.823. The largest absolute Gasteiger partial charge is 0.478 e. The van der Waals surface area contributed by atoms with Crippen molar-refractivity contribution < 1.29 is 22.7 Å². The summed E-state index contributed by atoms with van der Waals surface area (Å²) in [5, 5.41) is 8.54. The van der Waals surface area contributed by atoms with E-state index in [2.05, 4.69) is 4.72 Å². The Morgan fingerprint density at radius 3 is 2.43 bits per heavy atom. The number of halogens is 1. The van der Waals surface area contributed by atoms with Gasteiger partial charge in [0.15, 0.2) is 0 Å². The van der Waals surface area contributed by atoms with Gasteiger partial charge >= 0.3 is 5.97 Å². The van der Waals surface area contributed by atoms with Crippen molar-refractivity contribution in [3.8, 4) is 0 Å². The lowest BCUT2D eigenvalue weighted by atomic mass is 10.2. The van der Waals surface area contributed by atoms with Gasteiger partial charge < -0.3 is 5.11 Å². The van der Waals surface area contributed by atoms with Crippen molar-refractivity contribution >= 4 is 27.8 Å². The summed E-state index contributed by atoms with van der Waals surface area (Å²) in [5.74, 6) is -1.77. The van der Waals surface area contributed by atoms with Gasteiger partial charge in [0, 0.05) is 6.08 Å². The Bertz CT molecular complexity index is 858. The number of hydrogen-bond donors (Lipinski definition) is 2. The normalized spacial score (nSPS) is 11.6. The van der Waals surface area contributed by atoms with E-state index in [1.54, 1.807) is 6.92 Å². The molecule has 0 saturated heterocycles. The molecule has 0 aromatic heterocycles. The molecule has 0 radical (unpaired) electrons. The van der Waals surface area contributed by atoms with E-state index in [0.717, 1.165) is 11.6 Å². The maximum absolute atomic E-state index is 13.7. The molecule has 0 amide bonds. The van der Waals surface area contributed by atoms with Crippen molar-refractivity contribution in [1.29, 1.82) is 0 Å². The van der Waals surface area contributed by atoms with Crippen LogP contribution in [0.1, 0.15) is 11.1 Å². The van der Waals surface area contributed by atoms with Crippen LogP contribution in [0.15, 0.2) is 53.4 Å². The highest BCUT2D eigenvalue weighted by Crippen LogP contribution is 2.21. The molecule has 5 nitrogen and oxygen atoms in total. The number of sulfonamides is 1. The molecule has 23 heavy (non-hydrogen) atoms.